The topological polar surface area (TPSA) is 91.6 Å². The smallest absolute Gasteiger partial charge is 0.322 e. The number of nitrogens with two attached hydrogens (primary N) is 1. The molecule has 1 aromatic carbocycles. The maximum absolute atomic E-state index is 13.2. The van der Waals surface area contributed by atoms with Crippen molar-refractivity contribution in [2.75, 3.05) is 25.0 Å². The largest absolute Gasteiger partial charge is 0.366 e. The van der Waals surface area contributed by atoms with Crippen molar-refractivity contribution in [3.05, 3.63) is 58.7 Å². The number of likely N-dealkylation sites (tertiary alicyclic amines) is 1. The Morgan fingerprint density at radius 1 is 1.23 bits per heavy atom. The van der Waals surface area contributed by atoms with Crippen LogP contribution >= 0.6 is 0 Å². The average molecular weight is 484 g/mol. The van der Waals surface area contributed by atoms with Crippen LogP contribution in [0.1, 0.15) is 66.8 Å². The molecule has 0 radical (unpaired) electrons. The second-order valence-corrected chi connectivity index (χ2v) is 9.54. The Kier molecular flexibility index (Phi) is 9.20. The van der Waals surface area contributed by atoms with Gasteiger partial charge < -0.3 is 20.9 Å². The zero-order chi connectivity index (χ0) is 25.5. The number of carbonyl (C=O) groups is 2. The number of carbonyl (C=O) groups excluding carboxylic acids is 2. The van der Waals surface area contributed by atoms with Crippen LogP contribution < -0.4 is 11.1 Å². The lowest BCUT2D eigenvalue weighted by atomic mass is 9.99. The zero-order valence-electron chi connectivity index (χ0n) is 21.3. The number of aryl methyl sites for hydroxylation is 3. The summed E-state index contributed by atoms with van der Waals surface area (Å²) in [5.41, 5.74) is 9.15. The fourth-order valence-corrected chi connectivity index (χ4v) is 5.01. The molecule has 35 heavy (non-hydrogen) atoms. The summed E-state index contributed by atoms with van der Waals surface area (Å²) in [5.74, 6) is -0.752. The third-order valence-electron chi connectivity index (χ3n) is 6.90. The molecule has 7 nitrogen and oxygen atoms in total. The van der Waals surface area contributed by atoms with E-state index in [1.807, 2.05) is 24.8 Å². The summed E-state index contributed by atoms with van der Waals surface area (Å²) in [7, 11) is 0. The molecule has 190 valence electrons. The Bertz CT molecular complexity index is 996. The molecule has 1 atom stereocenters. The number of aromatic nitrogens is 1. The van der Waals surface area contributed by atoms with Gasteiger partial charge in [-0.2, -0.15) is 0 Å². The van der Waals surface area contributed by atoms with Gasteiger partial charge in [0.15, 0.2) is 0 Å². The van der Waals surface area contributed by atoms with Crippen molar-refractivity contribution in [2.45, 2.75) is 71.9 Å². The highest BCUT2D eigenvalue weighted by molar-refractivity contribution is 5.95. The molecule has 0 saturated carbocycles. The number of pyridine rings is 1. The standard InChI is InChI=1S/C27H38FN5O2/c1-5-14-33(27(35)31-22-10-7-21(28)8-11-22)24-12-15-32(16-13-24)19(3)6-9-23-17-18(2)25(26(29)34)20(4)30-23/h7-8,10-11,17,19,24H,5-6,9,12-16H2,1-4H3,(H2,29,34)(H,31,35)/t19-/m1/s1. The highest BCUT2D eigenvalue weighted by atomic mass is 19.1. The van der Waals surface area contributed by atoms with Crippen LogP contribution in [0.25, 0.3) is 0 Å². The second kappa shape index (κ2) is 12.1. The lowest BCUT2D eigenvalue weighted by molar-refractivity contribution is 0.0996. The molecule has 1 aliphatic heterocycles. The number of nitrogens with zero attached hydrogens (tertiary/aromatic N) is 3. The van der Waals surface area contributed by atoms with E-state index in [-0.39, 0.29) is 17.9 Å². The van der Waals surface area contributed by atoms with E-state index in [1.165, 1.54) is 12.1 Å². The summed E-state index contributed by atoms with van der Waals surface area (Å²) in [4.78, 5) is 33.6. The van der Waals surface area contributed by atoms with Crippen LogP contribution in [0.5, 0.6) is 0 Å². The molecule has 1 aliphatic rings. The summed E-state index contributed by atoms with van der Waals surface area (Å²) in [5, 5.41) is 2.91. The zero-order valence-corrected chi connectivity index (χ0v) is 21.3. The number of rotatable bonds is 9. The summed E-state index contributed by atoms with van der Waals surface area (Å²) >= 11 is 0. The van der Waals surface area contributed by atoms with E-state index in [0.717, 1.165) is 56.5 Å². The average Bonchev–Trinajstić information content (AvgIpc) is 2.82. The molecule has 3 amide bonds. The summed E-state index contributed by atoms with van der Waals surface area (Å²) in [6, 6.07) is 8.29. The number of halogens is 1. The van der Waals surface area contributed by atoms with Crippen molar-refractivity contribution in [3.63, 3.8) is 0 Å². The van der Waals surface area contributed by atoms with Crippen LogP contribution in [0.3, 0.4) is 0 Å². The van der Waals surface area contributed by atoms with Gasteiger partial charge in [0.1, 0.15) is 5.82 Å². The van der Waals surface area contributed by atoms with Gasteiger partial charge in [0.2, 0.25) is 0 Å². The highest BCUT2D eigenvalue weighted by Crippen LogP contribution is 2.22. The van der Waals surface area contributed by atoms with Gasteiger partial charge in [0.05, 0.1) is 11.3 Å². The normalized spacial score (nSPS) is 15.6. The minimum absolute atomic E-state index is 0.124. The molecule has 1 fully saturated rings. The maximum Gasteiger partial charge on any atom is 0.322 e. The van der Waals surface area contributed by atoms with Gasteiger partial charge in [-0.15, -0.1) is 0 Å². The van der Waals surface area contributed by atoms with E-state index in [2.05, 4.69) is 29.0 Å². The Morgan fingerprint density at radius 2 is 1.89 bits per heavy atom. The predicted molar refractivity (Wildman–Crippen MR) is 137 cm³/mol. The van der Waals surface area contributed by atoms with Gasteiger partial charge in [-0.3, -0.25) is 9.78 Å². The molecule has 2 aromatic rings. The van der Waals surface area contributed by atoms with Crippen LogP contribution in [0, 0.1) is 19.7 Å². The van der Waals surface area contributed by atoms with Crippen LogP contribution in [0.4, 0.5) is 14.9 Å². The van der Waals surface area contributed by atoms with Gasteiger partial charge >= 0.3 is 6.03 Å². The predicted octanol–water partition coefficient (Wildman–Crippen LogP) is 4.67. The third kappa shape index (κ3) is 7.01. The molecular weight excluding hydrogens is 445 g/mol. The van der Waals surface area contributed by atoms with Gasteiger partial charge in [-0.25, -0.2) is 9.18 Å². The first-order chi connectivity index (χ1) is 16.7. The number of piperidine rings is 1. The van der Waals surface area contributed by atoms with E-state index < -0.39 is 5.91 Å². The van der Waals surface area contributed by atoms with E-state index in [1.54, 1.807) is 12.1 Å². The number of nitrogens with one attached hydrogen (secondary N) is 1. The van der Waals surface area contributed by atoms with Crippen molar-refractivity contribution >= 4 is 17.6 Å². The van der Waals surface area contributed by atoms with Crippen LogP contribution in [-0.4, -0.2) is 58.4 Å². The quantitative estimate of drug-likeness (QED) is 0.542. The number of hydrogen-bond donors (Lipinski definition) is 2. The lowest BCUT2D eigenvalue weighted by Crippen LogP contribution is -2.50. The van der Waals surface area contributed by atoms with E-state index in [0.29, 0.717) is 29.5 Å². The molecule has 1 aromatic heterocycles. The van der Waals surface area contributed by atoms with Gasteiger partial charge in [0, 0.05) is 43.1 Å². The number of urea groups is 1. The number of primary amides is 1. The lowest BCUT2D eigenvalue weighted by Gasteiger charge is -2.40. The molecular formula is C27H38FN5O2. The van der Waals surface area contributed by atoms with E-state index >= 15 is 0 Å². The van der Waals surface area contributed by atoms with Crippen LogP contribution in [0.15, 0.2) is 30.3 Å². The molecule has 0 unspecified atom stereocenters. The fourth-order valence-electron chi connectivity index (χ4n) is 5.01. The third-order valence-corrected chi connectivity index (χ3v) is 6.90. The van der Waals surface area contributed by atoms with Crippen molar-refractivity contribution in [1.82, 2.24) is 14.8 Å². The molecule has 2 heterocycles. The summed E-state index contributed by atoms with van der Waals surface area (Å²) < 4.78 is 13.2. The van der Waals surface area contributed by atoms with Gasteiger partial charge in [0.25, 0.3) is 5.91 Å². The Hall–Kier alpha value is -3.00. The summed E-state index contributed by atoms with van der Waals surface area (Å²) in [6.07, 6.45) is 4.53. The Labute approximate surface area is 207 Å². The van der Waals surface area contributed by atoms with Crippen molar-refractivity contribution in [3.8, 4) is 0 Å². The number of anilines is 1. The molecule has 3 rings (SSSR count). The first kappa shape index (κ1) is 26.6. The SMILES string of the molecule is CCCN(C(=O)Nc1ccc(F)cc1)C1CCN([C@H](C)CCc2cc(C)c(C(N)=O)c(C)n2)CC1. The Morgan fingerprint density at radius 3 is 2.46 bits per heavy atom. The first-order valence-electron chi connectivity index (χ1n) is 12.5. The Balaban J connectivity index is 1.53. The van der Waals surface area contributed by atoms with Crippen molar-refractivity contribution in [2.24, 2.45) is 5.73 Å². The monoisotopic (exact) mass is 483 g/mol. The minimum atomic E-state index is -0.432. The fraction of sp³-hybridized carbons (Fsp3) is 0.519. The highest BCUT2D eigenvalue weighted by Gasteiger charge is 2.29. The minimum Gasteiger partial charge on any atom is -0.366 e. The molecule has 8 heteroatoms. The van der Waals surface area contributed by atoms with Crippen LogP contribution in [-0.2, 0) is 6.42 Å². The number of amides is 3. The van der Waals surface area contributed by atoms with E-state index in [4.69, 9.17) is 5.73 Å². The maximum atomic E-state index is 13.2. The number of hydrogen-bond acceptors (Lipinski definition) is 4. The summed E-state index contributed by atoms with van der Waals surface area (Å²) in [6.45, 7) is 10.6. The van der Waals surface area contributed by atoms with Crippen molar-refractivity contribution in [1.29, 1.82) is 0 Å². The number of benzene rings is 1. The molecule has 0 bridgehead atoms. The molecule has 1 saturated heterocycles. The first-order valence-corrected chi connectivity index (χ1v) is 12.5. The van der Waals surface area contributed by atoms with Crippen LogP contribution in [0.2, 0.25) is 0 Å². The van der Waals surface area contributed by atoms with Gasteiger partial charge in [-0.1, -0.05) is 6.92 Å². The van der Waals surface area contributed by atoms with Crippen molar-refractivity contribution < 1.29 is 14.0 Å². The van der Waals surface area contributed by atoms with E-state index in [9.17, 15) is 14.0 Å². The molecule has 0 aliphatic carbocycles. The molecule has 3 N–H and O–H groups in total. The second-order valence-electron chi connectivity index (χ2n) is 9.54. The van der Waals surface area contributed by atoms with Gasteiger partial charge in [-0.05, 0) is 88.8 Å². The molecule has 0 spiro atoms.